The number of benzene rings is 1. The fourth-order valence-electron chi connectivity index (χ4n) is 3.78. The Morgan fingerprint density at radius 2 is 2.00 bits per heavy atom. The van der Waals surface area contributed by atoms with Gasteiger partial charge in [-0.05, 0) is 31.4 Å². The molecule has 6 nitrogen and oxygen atoms in total. The second kappa shape index (κ2) is 6.43. The summed E-state index contributed by atoms with van der Waals surface area (Å²) in [5.41, 5.74) is 1.49. The molecule has 130 valence electrons. The summed E-state index contributed by atoms with van der Waals surface area (Å²) in [7, 11) is 3.02. The quantitative estimate of drug-likeness (QED) is 0.762. The number of rotatable bonds is 5. The Hall–Kier alpha value is -2.08. The van der Waals surface area contributed by atoms with Gasteiger partial charge >= 0.3 is 5.97 Å². The molecule has 1 saturated carbocycles. The van der Waals surface area contributed by atoms with Crippen LogP contribution in [0.4, 0.5) is 5.69 Å². The fraction of sp³-hybridized carbons (Fsp3) is 0.556. The summed E-state index contributed by atoms with van der Waals surface area (Å²) in [5, 5.41) is 0. The number of esters is 1. The molecule has 1 aliphatic heterocycles. The van der Waals surface area contributed by atoms with Crippen LogP contribution >= 0.6 is 0 Å². The Bertz CT molecular complexity index is 642. The predicted octanol–water partition coefficient (Wildman–Crippen LogP) is 1.36. The maximum absolute atomic E-state index is 12.8. The molecule has 1 saturated heterocycles. The summed E-state index contributed by atoms with van der Waals surface area (Å²) >= 11 is 0. The molecular formula is C18H24N2O4. The number of hydrogen-bond acceptors (Lipinski definition) is 5. The van der Waals surface area contributed by atoms with Gasteiger partial charge in [0.1, 0.15) is 0 Å². The molecule has 6 heteroatoms. The van der Waals surface area contributed by atoms with Crippen molar-refractivity contribution in [3.05, 3.63) is 29.8 Å². The summed E-state index contributed by atoms with van der Waals surface area (Å²) in [6, 6.07) is 7.36. The number of piperazine rings is 1. The lowest BCUT2D eigenvalue weighted by molar-refractivity contribution is -0.150. The Kier molecular flexibility index (Phi) is 4.49. The maximum Gasteiger partial charge on any atom is 0.330 e. The third-order valence-electron chi connectivity index (χ3n) is 5.10. The lowest BCUT2D eigenvalue weighted by Crippen LogP contribution is -2.67. The number of anilines is 1. The van der Waals surface area contributed by atoms with E-state index in [2.05, 4.69) is 0 Å². The normalized spacial score (nSPS) is 22.0. The molecule has 0 radical (unpaired) electrons. The highest BCUT2D eigenvalue weighted by atomic mass is 16.5. The van der Waals surface area contributed by atoms with Crippen molar-refractivity contribution in [2.45, 2.75) is 31.3 Å². The minimum atomic E-state index is -0.474. The number of methoxy groups -OCH3 is 2. The number of ether oxygens (including phenoxy) is 2. The second-order valence-electron chi connectivity index (χ2n) is 6.48. The van der Waals surface area contributed by atoms with E-state index in [0.29, 0.717) is 13.2 Å². The Morgan fingerprint density at radius 3 is 2.58 bits per heavy atom. The van der Waals surface area contributed by atoms with Gasteiger partial charge in [-0.2, -0.15) is 0 Å². The molecule has 1 aliphatic carbocycles. The van der Waals surface area contributed by atoms with Gasteiger partial charge in [0.2, 0.25) is 5.91 Å². The molecule has 0 N–H and O–H groups in total. The van der Waals surface area contributed by atoms with Crippen LogP contribution in [-0.2, 0) is 19.1 Å². The van der Waals surface area contributed by atoms with Crippen molar-refractivity contribution >= 4 is 17.6 Å². The predicted molar refractivity (Wildman–Crippen MR) is 89.9 cm³/mol. The van der Waals surface area contributed by atoms with E-state index in [1.54, 1.807) is 7.11 Å². The minimum absolute atomic E-state index is 0.0351. The highest BCUT2D eigenvalue weighted by molar-refractivity contribution is 5.93. The molecule has 1 heterocycles. The average molecular weight is 332 g/mol. The van der Waals surface area contributed by atoms with E-state index in [1.807, 2.05) is 41.0 Å². The molecule has 24 heavy (non-hydrogen) atoms. The lowest BCUT2D eigenvalue weighted by atomic mass is 9.96. The van der Waals surface area contributed by atoms with Gasteiger partial charge in [0.05, 0.1) is 25.8 Å². The third-order valence-corrected chi connectivity index (χ3v) is 5.10. The van der Waals surface area contributed by atoms with Crippen molar-refractivity contribution in [3.8, 4) is 0 Å². The molecule has 1 spiro atoms. The molecule has 0 bridgehead atoms. The van der Waals surface area contributed by atoms with Gasteiger partial charge in [-0.3, -0.25) is 4.79 Å². The molecule has 2 aliphatic rings. The zero-order valence-corrected chi connectivity index (χ0v) is 14.4. The van der Waals surface area contributed by atoms with Crippen LogP contribution in [0.2, 0.25) is 0 Å². The van der Waals surface area contributed by atoms with Crippen molar-refractivity contribution in [2.75, 3.05) is 38.8 Å². The van der Waals surface area contributed by atoms with Gasteiger partial charge in [-0.1, -0.05) is 18.2 Å². The number of hydrogen-bond donors (Lipinski definition) is 0. The van der Waals surface area contributed by atoms with Gasteiger partial charge in [0, 0.05) is 19.3 Å². The number of aryl methyl sites for hydroxylation is 1. The van der Waals surface area contributed by atoms with Crippen LogP contribution in [0.15, 0.2) is 24.3 Å². The van der Waals surface area contributed by atoms with Crippen molar-refractivity contribution < 1.29 is 19.1 Å². The summed E-state index contributed by atoms with van der Waals surface area (Å²) in [6.45, 7) is 3.14. The lowest BCUT2D eigenvalue weighted by Gasteiger charge is -2.47. The van der Waals surface area contributed by atoms with Crippen molar-refractivity contribution in [2.24, 2.45) is 0 Å². The number of nitrogens with zero attached hydrogens (tertiary/aromatic N) is 2. The van der Waals surface area contributed by atoms with Gasteiger partial charge in [-0.25, -0.2) is 4.79 Å². The van der Waals surface area contributed by atoms with E-state index in [0.717, 1.165) is 24.1 Å². The molecule has 2 fully saturated rings. The number of carbonyl (C=O) groups excluding carboxylic acids is 2. The van der Waals surface area contributed by atoms with Crippen LogP contribution < -0.4 is 4.90 Å². The topological polar surface area (TPSA) is 59.1 Å². The number of para-hydroxylation sites is 1. The van der Waals surface area contributed by atoms with Crippen LogP contribution in [0.25, 0.3) is 0 Å². The van der Waals surface area contributed by atoms with E-state index >= 15 is 0 Å². The molecule has 1 aromatic carbocycles. The smallest absolute Gasteiger partial charge is 0.330 e. The standard InChI is InChI=1S/C18H24N2O4/c1-13-6-4-5-7-14(13)19-12-15(21)20(10-11-23-2)18(8-9-18)16(19)17(22)24-3/h4-7,16H,8-12H2,1-3H3. The van der Waals surface area contributed by atoms with Crippen LogP contribution in [0.3, 0.4) is 0 Å². The Labute approximate surface area is 142 Å². The average Bonchev–Trinajstić information content (AvgIpc) is 3.35. The van der Waals surface area contributed by atoms with Crippen LogP contribution in [0.1, 0.15) is 18.4 Å². The van der Waals surface area contributed by atoms with Crippen molar-refractivity contribution in [1.82, 2.24) is 4.90 Å². The molecule has 1 amide bonds. The molecule has 1 atom stereocenters. The summed E-state index contributed by atoms with van der Waals surface area (Å²) in [6.07, 6.45) is 1.62. The van der Waals surface area contributed by atoms with Crippen molar-refractivity contribution in [1.29, 1.82) is 0 Å². The van der Waals surface area contributed by atoms with E-state index in [-0.39, 0.29) is 18.4 Å². The SMILES string of the molecule is COCCN1C(=O)CN(c2ccccc2C)C(C(=O)OC)C12CC2. The monoisotopic (exact) mass is 332 g/mol. The third kappa shape index (κ3) is 2.65. The van der Waals surface area contributed by atoms with E-state index in [4.69, 9.17) is 9.47 Å². The van der Waals surface area contributed by atoms with Crippen LogP contribution in [0, 0.1) is 6.92 Å². The van der Waals surface area contributed by atoms with Gasteiger partial charge < -0.3 is 19.3 Å². The highest BCUT2D eigenvalue weighted by Crippen LogP contribution is 2.50. The summed E-state index contributed by atoms with van der Waals surface area (Å²) in [5.74, 6) is -0.251. The number of carbonyl (C=O) groups is 2. The highest BCUT2D eigenvalue weighted by Gasteiger charge is 2.63. The Balaban J connectivity index is 2.00. The van der Waals surface area contributed by atoms with E-state index in [9.17, 15) is 9.59 Å². The number of amides is 1. The zero-order valence-electron chi connectivity index (χ0n) is 14.4. The van der Waals surface area contributed by atoms with Gasteiger partial charge in [0.15, 0.2) is 6.04 Å². The molecular weight excluding hydrogens is 308 g/mol. The first kappa shape index (κ1) is 16.8. The molecule has 1 unspecified atom stereocenters. The van der Waals surface area contributed by atoms with Gasteiger partial charge in [-0.15, -0.1) is 0 Å². The molecule has 1 aromatic rings. The summed E-state index contributed by atoms with van der Waals surface area (Å²) < 4.78 is 10.2. The first-order valence-electron chi connectivity index (χ1n) is 8.24. The van der Waals surface area contributed by atoms with E-state index < -0.39 is 11.6 Å². The zero-order chi connectivity index (χ0) is 17.3. The summed E-state index contributed by atoms with van der Waals surface area (Å²) in [4.78, 5) is 29.1. The Morgan fingerprint density at radius 1 is 1.29 bits per heavy atom. The van der Waals surface area contributed by atoms with Gasteiger partial charge in [0.25, 0.3) is 0 Å². The molecule has 3 rings (SSSR count). The van der Waals surface area contributed by atoms with E-state index in [1.165, 1.54) is 7.11 Å². The second-order valence-corrected chi connectivity index (χ2v) is 6.48. The minimum Gasteiger partial charge on any atom is -0.467 e. The fourth-order valence-corrected chi connectivity index (χ4v) is 3.78. The largest absolute Gasteiger partial charge is 0.467 e. The van der Waals surface area contributed by atoms with Crippen molar-refractivity contribution in [3.63, 3.8) is 0 Å². The first-order valence-corrected chi connectivity index (χ1v) is 8.24. The first-order chi connectivity index (χ1) is 11.5. The maximum atomic E-state index is 12.8. The molecule has 0 aromatic heterocycles. The van der Waals surface area contributed by atoms with Crippen LogP contribution in [-0.4, -0.2) is 62.3 Å². The van der Waals surface area contributed by atoms with Crippen LogP contribution in [0.5, 0.6) is 0 Å².